The van der Waals surface area contributed by atoms with Gasteiger partial charge in [0.05, 0.1) is 0 Å². The van der Waals surface area contributed by atoms with E-state index >= 15 is 0 Å². The Morgan fingerprint density at radius 2 is 0.904 bits per heavy atom. The monoisotopic (exact) mass is 1060 g/mol. The van der Waals surface area contributed by atoms with Crippen molar-refractivity contribution in [2.75, 3.05) is 26.2 Å². The summed E-state index contributed by atoms with van der Waals surface area (Å²) in [6, 6.07) is 1.49. The van der Waals surface area contributed by atoms with E-state index in [4.69, 9.17) is 10.6 Å². The van der Waals surface area contributed by atoms with E-state index in [1.165, 1.54) is 105 Å². The van der Waals surface area contributed by atoms with E-state index in [1.807, 2.05) is 0 Å². The number of piperidine rings is 3. The van der Waals surface area contributed by atoms with Crippen LogP contribution in [0.2, 0.25) is 0 Å². The quantitative estimate of drug-likeness (QED) is 0.266. The maximum absolute atomic E-state index is 4.74. The van der Waals surface area contributed by atoms with Crippen molar-refractivity contribution in [1.82, 2.24) is 0 Å². The molecule has 6 atom stereocenters. The van der Waals surface area contributed by atoms with Gasteiger partial charge in [-0.1, -0.05) is 146 Å². The van der Waals surface area contributed by atoms with Crippen LogP contribution < -0.4 is 0 Å². The molecule has 0 saturated carbocycles. The standard InChI is InChI=1S/C12H22N2.C12H18N2.2C10H15.2H2O.2W/c2*1-9-3-5-13-11(7-9)12-8-10(2)4-6-14-12;2*1-6-7(2)9(4)10(5)8(6)3;;;;/h9-12H,3-8H2,1-2H3;3,7,10,12H,4-6,8H2,1-2H3;2*1-5H3;2*1H2;;/q2*-2;2*-1;;;;+2. The summed E-state index contributed by atoms with van der Waals surface area (Å²) in [5.74, 6) is 2.54. The first-order valence-corrected chi connectivity index (χ1v) is 19.1. The van der Waals surface area contributed by atoms with Crippen LogP contribution in [0.3, 0.4) is 0 Å². The fraction of sp³-hybridized carbons (Fsp3) is 0.682. The van der Waals surface area contributed by atoms with E-state index in [2.05, 4.69) is 120 Å². The number of rotatable bonds is 2. The summed E-state index contributed by atoms with van der Waals surface area (Å²) >= 11 is 0. The van der Waals surface area contributed by atoms with Gasteiger partial charge in [-0.05, 0) is 24.7 Å². The van der Waals surface area contributed by atoms with E-state index in [-0.39, 0.29) is 53.1 Å². The van der Waals surface area contributed by atoms with Crippen LogP contribution in [0.5, 0.6) is 0 Å². The van der Waals surface area contributed by atoms with Crippen molar-refractivity contribution in [2.45, 2.75) is 154 Å². The first-order chi connectivity index (χ1) is 22.6. The molecule has 8 heteroatoms. The molecule has 2 aromatic carbocycles. The molecule has 0 bridgehead atoms. The summed E-state index contributed by atoms with van der Waals surface area (Å²) in [7, 11) is 0. The van der Waals surface area contributed by atoms with Crippen molar-refractivity contribution in [3.8, 4) is 0 Å². The van der Waals surface area contributed by atoms with Crippen LogP contribution in [0.1, 0.15) is 122 Å². The molecule has 2 aromatic rings. The summed E-state index contributed by atoms with van der Waals surface area (Å²) < 4.78 is 0. The minimum absolute atomic E-state index is 0. The van der Waals surface area contributed by atoms with Crippen molar-refractivity contribution < 1.29 is 53.1 Å². The van der Waals surface area contributed by atoms with Crippen LogP contribution in [0.4, 0.5) is 0 Å². The van der Waals surface area contributed by atoms with Gasteiger partial charge in [-0.25, -0.2) is 0 Å². The van der Waals surface area contributed by atoms with Crippen molar-refractivity contribution in [2.24, 2.45) is 17.8 Å². The second-order valence-electron chi connectivity index (χ2n) is 15.9. The molecule has 4 heterocycles. The molecule has 3 fully saturated rings. The molecule has 52 heavy (non-hydrogen) atoms. The molecule has 6 rings (SSSR count). The second-order valence-corrected chi connectivity index (χ2v) is 15.9. The number of nitrogens with zero attached hydrogens (tertiary/aromatic N) is 4. The van der Waals surface area contributed by atoms with Crippen molar-refractivity contribution in [3.63, 3.8) is 0 Å². The third kappa shape index (κ3) is 15.0. The molecule has 0 amide bonds. The topological polar surface area (TPSA) is 119 Å². The Bertz CT molecular complexity index is 1150. The molecule has 6 nitrogen and oxygen atoms in total. The Hall–Kier alpha value is -0.843. The molecule has 0 spiro atoms. The number of hydrogen-bond donors (Lipinski definition) is 0. The van der Waals surface area contributed by atoms with Gasteiger partial charge in [0.1, 0.15) is 0 Å². The summed E-state index contributed by atoms with van der Waals surface area (Å²) in [5.41, 5.74) is 17.2. The van der Waals surface area contributed by atoms with Gasteiger partial charge in [0, 0.05) is 21.1 Å². The van der Waals surface area contributed by atoms with Crippen LogP contribution >= 0.6 is 0 Å². The van der Waals surface area contributed by atoms with E-state index in [9.17, 15) is 0 Å². The van der Waals surface area contributed by atoms with Crippen molar-refractivity contribution in [3.05, 3.63) is 100 Å². The summed E-state index contributed by atoms with van der Waals surface area (Å²) in [4.78, 5) is 0. The summed E-state index contributed by atoms with van der Waals surface area (Å²) in [6.07, 6.45) is 11.9. The van der Waals surface area contributed by atoms with E-state index in [0.717, 1.165) is 43.9 Å². The third-order valence-corrected chi connectivity index (χ3v) is 12.3. The zero-order valence-electron chi connectivity index (χ0n) is 35.3. The number of hydrogen-bond acceptors (Lipinski definition) is 0. The van der Waals surface area contributed by atoms with Gasteiger partial charge in [0.15, 0.2) is 0 Å². The molecule has 0 aliphatic carbocycles. The minimum atomic E-state index is 0. The Balaban J connectivity index is 0. The largest absolute Gasteiger partial charge is 2.00 e. The predicted octanol–water partition coefficient (Wildman–Crippen LogP) is 10.9. The molecule has 4 N–H and O–H groups in total. The van der Waals surface area contributed by atoms with Gasteiger partial charge < -0.3 is 32.2 Å². The Kier molecular flexibility index (Phi) is 26.0. The molecule has 298 valence electrons. The van der Waals surface area contributed by atoms with Crippen molar-refractivity contribution in [1.29, 1.82) is 0 Å². The SMILES string of the molecule is CC1=CC[N-]C(C2CC(C)CC[N-]2)=C1.CC1CC[N-]C(C2CC(C)CC[N-]2)C1.Cc1c(C)c(C)[c-](C)c1C.Cc1c(C)c(C)[c-](C)c1C.O.O.[W+2].[W]. The minimum Gasteiger partial charge on any atom is -0.686 e. The van der Waals surface area contributed by atoms with E-state index in [0.29, 0.717) is 18.1 Å². The van der Waals surface area contributed by atoms with Gasteiger partial charge in [0.2, 0.25) is 0 Å². The molecule has 0 aromatic heterocycles. The fourth-order valence-electron chi connectivity index (χ4n) is 7.57. The first-order valence-electron chi connectivity index (χ1n) is 19.1. The van der Waals surface area contributed by atoms with Gasteiger partial charge >= 0.3 is 21.1 Å². The Labute approximate surface area is 348 Å². The molecule has 4 aliphatic heterocycles. The fourth-order valence-corrected chi connectivity index (χ4v) is 7.57. The number of allylic oxidation sites excluding steroid dienone is 2. The summed E-state index contributed by atoms with van der Waals surface area (Å²) in [6.45, 7) is 35.2. The van der Waals surface area contributed by atoms with Crippen LogP contribution in [0.15, 0.2) is 23.4 Å². The Morgan fingerprint density at radius 1 is 0.558 bits per heavy atom. The van der Waals surface area contributed by atoms with E-state index < -0.39 is 0 Å². The molecule has 4 aliphatic rings. The van der Waals surface area contributed by atoms with Crippen LogP contribution in [-0.2, 0) is 42.1 Å². The average Bonchev–Trinajstić information content (AvgIpc) is 3.35. The molecule has 6 unspecified atom stereocenters. The molecule has 0 radical (unpaired) electrons. The molecule has 3 saturated heterocycles. The van der Waals surface area contributed by atoms with Gasteiger partial charge in [-0.3, -0.25) is 0 Å². The molecular weight excluding hydrogens is 984 g/mol. The zero-order valence-corrected chi connectivity index (χ0v) is 41.2. The second kappa shape index (κ2) is 25.3. The average molecular weight is 1060 g/mol. The third-order valence-electron chi connectivity index (χ3n) is 12.3. The van der Waals surface area contributed by atoms with Crippen LogP contribution in [0.25, 0.3) is 21.3 Å². The van der Waals surface area contributed by atoms with Crippen LogP contribution in [0, 0.1) is 87.0 Å². The zero-order chi connectivity index (χ0) is 35.7. The van der Waals surface area contributed by atoms with Crippen LogP contribution in [-0.4, -0.2) is 55.3 Å². The van der Waals surface area contributed by atoms with Gasteiger partial charge in [0.25, 0.3) is 0 Å². The molecular formula is C44H74N4O2W2-4. The normalized spacial score (nSPS) is 25.0. The van der Waals surface area contributed by atoms with Crippen molar-refractivity contribution >= 4 is 0 Å². The maximum Gasteiger partial charge on any atom is 2.00 e. The Morgan fingerprint density at radius 3 is 1.19 bits per heavy atom. The predicted molar refractivity (Wildman–Crippen MR) is 220 cm³/mol. The van der Waals surface area contributed by atoms with Gasteiger partial charge in [-0.15, -0.1) is 32.2 Å². The summed E-state index contributed by atoms with van der Waals surface area (Å²) in [5, 5.41) is 18.7. The smallest absolute Gasteiger partial charge is 0.686 e. The maximum atomic E-state index is 4.74. The van der Waals surface area contributed by atoms with Gasteiger partial charge in [-0.2, -0.15) is 73.4 Å². The van der Waals surface area contributed by atoms with E-state index in [1.54, 1.807) is 0 Å². The first kappa shape index (κ1) is 53.3.